The molecule has 4 rings (SSSR count). The summed E-state index contributed by atoms with van der Waals surface area (Å²) in [5, 5.41) is 14.5. The maximum absolute atomic E-state index is 9.57. The lowest BCUT2D eigenvalue weighted by atomic mass is 9.98. The summed E-state index contributed by atoms with van der Waals surface area (Å²) in [6, 6.07) is 17.1. The van der Waals surface area contributed by atoms with Crippen molar-refractivity contribution in [2.45, 2.75) is 33.2 Å². The fourth-order valence-corrected chi connectivity index (χ4v) is 4.08. The maximum Gasteiger partial charge on any atom is 0.0972 e. The van der Waals surface area contributed by atoms with E-state index in [1.165, 1.54) is 16.7 Å². The SMILES string of the molecule is Cc1ccc(-n2cc(CN3CCC[C@H](CO)C3)c(-c3cccc(C)c3)n2)cc1. The van der Waals surface area contributed by atoms with Crippen LogP contribution in [0.2, 0.25) is 0 Å². The predicted molar refractivity (Wildman–Crippen MR) is 114 cm³/mol. The molecule has 1 atom stereocenters. The lowest BCUT2D eigenvalue weighted by Gasteiger charge is -2.31. The van der Waals surface area contributed by atoms with Crippen LogP contribution in [-0.2, 0) is 6.54 Å². The van der Waals surface area contributed by atoms with Crippen molar-refractivity contribution in [1.29, 1.82) is 0 Å². The molecule has 0 aliphatic carbocycles. The first kappa shape index (κ1) is 18.9. The number of nitrogens with zero attached hydrogens (tertiary/aromatic N) is 3. The van der Waals surface area contributed by atoms with E-state index in [1.807, 2.05) is 4.68 Å². The molecule has 0 spiro atoms. The van der Waals surface area contributed by atoms with Gasteiger partial charge in [-0.15, -0.1) is 0 Å². The van der Waals surface area contributed by atoms with Crippen molar-refractivity contribution in [3.05, 3.63) is 71.4 Å². The van der Waals surface area contributed by atoms with Gasteiger partial charge >= 0.3 is 0 Å². The molecule has 0 unspecified atom stereocenters. The zero-order valence-corrected chi connectivity index (χ0v) is 16.8. The molecule has 2 aromatic carbocycles. The highest BCUT2D eigenvalue weighted by atomic mass is 16.3. The quantitative estimate of drug-likeness (QED) is 0.720. The number of piperidine rings is 1. The molecule has 1 saturated heterocycles. The van der Waals surface area contributed by atoms with Crippen LogP contribution in [-0.4, -0.2) is 39.5 Å². The molecule has 1 aromatic heterocycles. The largest absolute Gasteiger partial charge is 0.396 e. The Bertz CT molecular complexity index is 929. The summed E-state index contributed by atoms with van der Waals surface area (Å²) in [5.74, 6) is 0.392. The second kappa shape index (κ2) is 8.29. The summed E-state index contributed by atoms with van der Waals surface area (Å²) in [4.78, 5) is 2.46. The standard InChI is InChI=1S/C24H29N3O/c1-18-8-10-23(11-9-18)27-16-22(15-26-12-4-6-20(14-26)17-28)24(25-27)21-7-3-5-19(2)13-21/h3,5,7-11,13,16,20,28H,4,6,12,14-15,17H2,1-2H3/t20-/m0/s1. The number of aryl methyl sites for hydroxylation is 2. The predicted octanol–water partition coefficient (Wildman–Crippen LogP) is 4.36. The molecule has 1 aliphatic heterocycles. The monoisotopic (exact) mass is 375 g/mol. The number of benzene rings is 2. The van der Waals surface area contributed by atoms with Crippen LogP contribution in [0, 0.1) is 19.8 Å². The Balaban J connectivity index is 1.69. The van der Waals surface area contributed by atoms with Crippen LogP contribution in [0.25, 0.3) is 16.9 Å². The third-order valence-corrected chi connectivity index (χ3v) is 5.64. The Labute approximate surface area is 167 Å². The van der Waals surface area contributed by atoms with E-state index < -0.39 is 0 Å². The van der Waals surface area contributed by atoms with E-state index in [2.05, 4.69) is 73.5 Å². The van der Waals surface area contributed by atoms with Gasteiger partial charge in [0.1, 0.15) is 0 Å². The third kappa shape index (κ3) is 4.18. The van der Waals surface area contributed by atoms with E-state index in [4.69, 9.17) is 5.10 Å². The topological polar surface area (TPSA) is 41.3 Å². The fourth-order valence-electron chi connectivity index (χ4n) is 4.08. The Morgan fingerprint density at radius 3 is 2.64 bits per heavy atom. The highest BCUT2D eigenvalue weighted by Gasteiger charge is 2.22. The minimum absolute atomic E-state index is 0.282. The molecule has 1 N–H and O–H groups in total. The van der Waals surface area contributed by atoms with E-state index in [0.29, 0.717) is 5.92 Å². The summed E-state index contributed by atoms with van der Waals surface area (Å²) in [6.07, 6.45) is 4.45. The molecule has 0 bridgehead atoms. The molecular weight excluding hydrogens is 346 g/mol. The van der Waals surface area contributed by atoms with Crippen molar-refractivity contribution in [1.82, 2.24) is 14.7 Å². The van der Waals surface area contributed by atoms with Gasteiger partial charge in [-0.3, -0.25) is 4.90 Å². The number of aliphatic hydroxyl groups excluding tert-OH is 1. The number of rotatable bonds is 5. The first-order valence-electron chi connectivity index (χ1n) is 10.2. The molecule has 2 heterocycles. The third-order valence-electron chi connectivity index (χ3n) is 5.64. The normalized spacial score (nSPS) is 17.8. The van der Waals surface area contributed by atoms with Crippen molar-refractivity contribution in [2.75, 3.05) is 19.7 Å². The van der Waals surface area contributed by atoms with Gasteiger partial charge in [0.25, 0.3) is 0 Å². The molecule has 4 heteroatoms. The number of likely N-dealkylation sites (tertiary alicyclic amines) is 1. The summed E-state index contributed by atoms with van der Waals surface area (Å²) < 4.78 is 2.00. The Kier molecular flexibility index (Phi) is 5.60. The van der Waals surface area contributed by atoms with Crippen molar-refractivity contribution in [2.24, 2.45) is 5.92 Å². The van der Waals surface area contributed by atoms with Gasteiger partial charge in [-0.2, -0.15) is 5.10 Å². The summed E-state index contributed by atoms with van der Waals surface area (Å²) >= 11 is 0. The van der Waals surface area contributed by atoms with Gasteiger partial charge < -0.3 is 5.11 Å². The second-order valence-electron chi connectivity index (χ2n) is 8.08. The highest BCUT2D eigenvalue weighted by Crippen LogP contribution is 2.27. The van der Waals surface area contributed by atoms with E-state index in [9.17, 15) is 5.11 Å². The van der Waals surface area contributed by atoms with Crippen molar-refractivity contribution in [3.8, 4) is 16.9 Å². The molecule has 4 nitrogen and oxygen atoms in total. The smallest absolute Gasteiger partial charge is 0.0972 e. The molecular formula is C24H29N3O. The Morgan fingerprint density at radius 1 is 1.07 bits per heavy atom. The number of aromatic nitrogens is 2. The minimum atomic E-state index is 0.282. The molecule has 0 saturated carbocycles. The Morgan fingerprint density at radius 2 is 1.89 bits per heavy atom. The van der Waals surface area contributed by atoms with Crippen molar-refractivity contribution < 1.29 is 5.11 Å². The van der Waals surface area contributed by atoms with Gasteiger partial charge in [-0.1, -0.05) is 41.5 Å². The first-order valence-corrected chi connectivity index (χ1v) is 10.2. The zero-order chi connectivity index (χ0) is 19.5. The molecule has 28 heavy (non-hydrogen) atoms. The van der Waals surface area contributed by atoms with Crippen LogP contribution >= 0.6 is 0 Å². The average molecular weight is 376 g/mol. The lowest BCUT2D eigenvalue weighted by Crippen LogP contribution is -2.36. The van der Waals surface area contributed by atoms with Gasteiger partial charge in [0, 0.05) is 37.0 Å². The number of hydrogen-bond acceptors (Lipinski definition) is 3. The maximum atomic E-state index is 9.57. The zero-order valence-electron chi connectivity index (χ0n) is 16.8. The highest BCUT2D eigenvalue weighted by molar-refractivity contribution is 5.64. The van der Waals surface area contributed by atoms with Crippen LogP contribution in [0.4, 0.5) is 0 Å². The van der Waals surface area contributed by atoms with Crippen molar-refractivity contribution >= 4 is 0 Å². The average Bonchev–Trinajstić information content (AvgIpc) is 3.12. The molecule has 146 valence electrons. The molecule has 0 amide bonds. The Hall–Kier alpha value is -2.43. The summed E-state index contributed by atoms with van der Waals surface area (Å²) in [5.41, 5.74) is 7.03. The van der Waals surface area contributed by atoms with E-state index in [1.54, 1.807) is 0 Å². The van der Waals surface area contributed by atoms with Crippen LogP contribution in [0.5, 0.6) is 0 Å². The molecule has 0 radical (unpaired) electrons. The summed E-state index contributed by atoms with van der Waals surface area (Å²) in [6.45, 7) is 7.41. The number of aliphatic hydroxyl groups is 1. The van der Waals surface area contributed by atoms with Crippen LogP contribution in [0.15, 0.2) is 54.7 Å². The minimum Gasteiger partial charge on any atom is -0.396 e. The van der Waals surface area contributed by atoms with Crippen LogP contribution < -0.4 is 0 Å². The van der Waals surface area contributed by atoms with Crippen LogP contribution in [0.3, 0.4) is 0 Å². The van der Waals surface area contributed by atoms with E-state index in [0.717, 1.165) is 49.4 Å². The van der Waals surface area contributed by atoms with Crippen LogP contribution in [0.1, 0.15) is 29.5 Å². The van der Waals surface area contributed by atoms with Crippen molar-refractivity contribution in [3.63, 3.8) is 0 Å². The summed E-state index contributed by atoms with van der Waals surface area (Å²) in [7, 11) is 0. The van der Waals surface area contributed by atoms with Gasteiger partial charge in [-0.05, 0) is 57.4 Å². The fraction of sp³-hybridized carbons (Fsp3) is 0.375. The lowest BCUT2D eigenvalue weighted by molar-refractivity contribution is 0.116. The second-order valence-corrected chi connectivity index (χ2v) is 8.08. The van der Waals surface area contributed by atoms with Gasteiger partial charge in [0.05, 0.1) is 11.4 Å². The van der Waals surface area contributed by atoms with Gasteiger partial charge in [0.2, 0.25) is 0 Å². The molecule has 1 fully saturated rings. The first-order chi connectivity index (χ1) is 13.6. The van der Waals surface area contributed by atoms with Gasteiger partial charge in [-0.25, -0.2) is 4.68 Å². The van der Waals surface area contributed by atoms with E-state index in [-0.39, 0.29) is 6.61 Å². The van der Waals surface area contributed by atoms with Gasteiger partial charge in [0.15, 0.2) is 0 Å². The number of hydrogen-bond donors (Lipinski definition) is 1. The molecule has 3 aromatic rings. The van der Waals surface area contributed by atoms with E-state index >= 15 is 0 Å². The molecule has 1 aliphatic rings.